The zero-order valence-corrected chi connectivity index (χ0v) is 16.3. The Kier molecular flexibility index (Phi) is 4.58. The van der Waals surface area contributed by atoms with Crippen LogP contribution in [-0.4, -0.2) is 53.2 Å². The van der Waals surface area contributed by atoms with Crippen molar-refractivity contribution >= 4 is 11.7 Å². The number of carbonyl (C=O) groups is 2. The maximum atomic E-state index is 13.0. The summed E-state index contributed by atoms with van der Waals surface area (Å²) < 4.78 is 13.0. The van der Waals surface area contributed by atoms with Crippen molar-refractivity contribution in [2.75, 3.05) is 26.2 Å². The molecule has 0 N–H and O–H groups in total. The first-order chi connectivity index (χ1) is 13.3. The Morgan fingerprint density at radius 1 is 0.964 bits per heavy atom. The third-order valence-corrected chi connectivity index (χ3v) is 6.11. The minimum atomic E-state index is -0.550. The zero-order valence-electron chi connectivity index (χ0n) is 16.3. The molecule has 2 aromatic carbocycles. The molecule has 5 heteroatoms. The first kappa shape index (κ1) is 18.8. The largest absolute Gasteiger partial charge is 0.341 e. The fourth-order valence-corrected chi connectivity index (χ4v) is 4.27. The molecule has 28 heavy (non-hydrogen) atoms. The van der Waals surface area contributed by atoms with Gasteiger partial charge in [-0.15, -0.1) is 0 Å². The third-order valence-electron chi connectivity index (χ3n) is 6.11. The molecule has 2 fully saturated rings. The summed E-state index contributed by atoms with van der Waals surface area (Å²) in [5, 5.41) is 0. The number of halogens is 1. The second-order valence-electron chi connectivity index (χ2n) is 8.66. The van der Waals surface area contributed by atoms with Gasteiger partial charge in [-0.05, 0) is 31.5 Å². The first-order valence-electron chi connectivity index (χ1n) is 9.66. The topological polar surface area (TPSA) is 40.6 Å². The predicted octanol–water partition coefficient (Wildman–Crippen LogP) is 3.17. The van der Waals surface area contributed by atoms with Gasteiger partial charge in [-0.1, -0.05) is 42.5 Å². The summed E-state index contributed by atoms with van der Waals surface area (Å²) in [5.74, 6) is -0.0804. The highest BCUT2D eigenvalue weighted by atomic mass is 19.1. The Balaban J connectivity index is 1.30. The molecule has 0 aliphatic carbocycles. The molecule has 1 amide bonds. The van der Waals surface area contributed by atoms with Crippen molar-refractivity contribution in [3.05, 3.63) is 71.5 Å². The molecular weight excluding hydrogens is 355 g/mol. The highest BCUT2D eigenvalue weighted by Gasteiger charge is 2.57. The lowest BCUT2D eigenvalue weighted by Gasteiger charge is -2.63. The second-order valence-corrected chi connectivity index (χ2v) is 8.66. The lowest BCUT2D eigenvalue weighted by Crippen LogP contribution is -2.76. The molecule has 146 valence electrons. The minimum Gasteiger partial charge on any atom is -0.341 e. The van der Waals surface area contributed by atoms with Gasteiger partial charge in [-0.25, -0.2) is 4.39 Å². The molecule has 0 atom stereocenters. The predicted molar refractivity (Wildman–Crippen MR) is 106 cm³/mol. The molecule has 4 nitrogen and oxygen atoms in total. The van der Waals surface area contributed by atoms with Gasteiger partial charge in [-0.3, -0.25) is 14.5 Å². The van der Waals surface area contributed by atoms with Crippen LogP contribution in [0.1, 0.15) is 29.8 Å². The molecule has 0 radical (unpaired) electrons. The molecule has 2 saturated heterocycles. The van der Waals surface area contributed by atoms with Crippen molar-refractivity contribution in [1.29, 1.82) is 0 Å². The minimum absolute atomic E-state index is 0.0790. The van der Waals surface area contributed by atoms with Crippen LogP contribution in [0.3, 0.4) is 0 Å². The van der Waals surface area contributed by atoms with E-state index >= 15 is 0 Å². The summed E-state index contributed by atoms with van der Waals surface area (Å²) in [6, 6.07) is 15.5. The Morgan fingerprint density at radius 2 is 1.57 bits per heavy atom. The number of likely N-dealkylation sites (tertiary alicyclic amines) is 2. The van der Waals surface area contributed by atoms with Gasteiger partial charge in [0.15, 0.2) is 5.78 Å². The number of ketones is 1. The van der Waals surface area contributed by atoms with E-state index < -0.39 is 5.54 Å². The number of Topliss-reactive ketones (excluding diaryl/α,β-unsaturated/α-hetero) is 1. The van der Waals surface area contributed by atoms with E-state index in [4.69, 9.17) is 0 Å². The maximum Gasteiger partial charge on any atom is 0.227 e. The van der Waals surface area contributed by atoms with Crippen molar-refractivity contribution in [3.8, 4) is 0 Å². The van der Waals surface area contributed by atoms with E-state index in [0.717, 1.165) is 37.3 Å². The van der Waals surface area contributed by atoms with Crippen LogP contribution < -0.4 is 0 Å². The van der Waals surface area contributed by atoms with Crippen molar-refractivity contribution < 1.29 is 14.0 Å². The van der Waals surface area contributed by atoms with E-state index in [9.17, 15) is 14.0 Å². The Morgan fingerprint density at radius 3 is 2.18 bits per heavy atom. The Bertz CT molecular complexity index is 879. The zero-order chi connectivity index (χ0) is 19.9. The van der Waals surface area contributed by atoms with Gasteiger partial charge in [0.25, 0.3) is 0 Å². The lowest BCUT2D eigenvalue weighted by molar-refractivity contribution is -0.165. The lowest BCUT2D eigenvalue weighted by atomic mass is 9.70. The van der Waals surface area contributed by atoms with Crippen molar-refractivity contribution in [2.24, 2.45) is 5.41 Å². The number of carbonyl (C=O) groups excluding carboxylic acids is 2. The van der Waals surface area contributed by atoms with Gasteiger partial charge in [0.05, 0.1) is 12.0 Å². The highest BCUT2D eigenvalue weighted by Crippen LogP contribution is 2.43. The molecule has 2 aliphatic heterocycles. The van der Waals surface area contributed by atoms with E-state index in [1.54, 1.807) is 12.1 Å². The summed E-state index contributed by atoms with van der Waals surface area (Å²) in [4.78, 5) is 29.4. The Hall–Kier alpha value is -2.53. The van der Waals surface area contributed by atoms with Crippen LogP contribution >= 0.6 is 0 Å². The van der Waals surface area contributed by atoms with Crippen LogP contribution in [0.2, 0.25) is 0 Å². The van der Waals surface area contributed by atoms with E-state index in [1.165, 1.54) is 12.1 Å². The molecule has 4 rings (SSSR count). The van der Waals surface area contributed by atoms with Gasteiger partial charge < -0.3 is 4.90 Å². The normalized spacial score (nSPS) is 18.5. The van der Waals surface area contributed by atoms with Crippen LogP contribution in [0.5, 0.6) is 0 Å². The maximum absolute atomic E-state index is 13.0. The van der Waals surface area contributed by atoms with Crippen LogP contribution in [0.15, 0.2) is 54.6 Å². The van der Waals surface area contributed by atoms with Gasteiger partial charge >= 0.3 is 0 Å². The van der Waals surface area contributed by atoms with Crippen LogP contribution in [0.4, 0.5) is 4.39 Å². The number of hydrogen-bond acceptors (Lipinski definition) is 3. The second kappa shape index (κ2) is 6.82. The number of amides is 1. The smallest absolute Gasteiger partial charge is 0.227 e. The summed E-state index contributed by atoms with van der Waals surface area (Å²) in [5.41, 5.74) is 1.13. The van der Waals surface area contributed by atoms with E-state index in [0.29, 0.717) is 6.42 Å². The quantitative estimate of drug-likeness (QED) is 0.748. The van der Waals surface area contributed by atoms with Crippen molar-refractivity contribution in [3.63, 3.8) is 0 Å². The average molecular weight is 380 g/mol. The summed E-state index contributed by atoms with van der Waals surface area (Å²) in [6.07, 6.45) is 0.304. The van der Waals surface area contributed by atoms with E-state index in [2.05, 4.69) is 4.90 Å². The fourth-order valence-electron chi connectivity index (χ4n) is 4.27. The monoisotopic (exact) mass is 380 g/mol. The molecule has 0 saturated carbocycles. The van der Waals surface area contributed by atoms with Crippen LogP contribution in [-0.2, 0) is 11.2 Å². The number of nitrogens with zero attached hydrogens (tertiary/aromatic N) is 2. The summed E-state index contributed by atoms with van der Waals surface area (Å²) >= 11 is 0. The molecule has 0 aromatic heterocycles. The number of hydrogen-bond donors (Lipinski definition) is 0. The molecule has 2 aromatic rings. The number of benzene rings is 2. The first-order valence-corrected chi connectivity index (χ1v) is 9.66. The van der Waals surface area contributed by atoms with Crippen molar-refractivity contribution in [2.45, 2.75) is 25.8 Å². The standard InChI is InChI=1S/C23H25FN2O2/c1-22(2,21(28)18-6-4-3-5-7-18)26-15-23(16-26)13-25(14-23)20(27)12-17-8-10-19(24)11-9-17/h3-11H,12-16H2,1-2H3. The molecule has 0 unspecified atom stereocenters. The molecule has 2 aliphatic rings. The van der Waals surface area contributed by atoms with Crippen molar-refractivity contribution in [1.82, 2.24) is 9.80 Å². The number of rotatable bonds is 5. The highest BCUT2D eigenvalue weighted by molar-refractivity contribution is 6.02. The molecule has 0 bridgehead atoms. The summed E-state index contributed by atoms with van der Waals surface area (Å²) in [7, 11) is 0. The van der Waals surface area contributed by atoms with Gasteiger partial charge in [-0.2, -0.15) is 0 Å². The Labute approximate surface area is 164 Å². The van der Waals surface area contributed by atoms with E-state index in [1.807, 2.05) is 49.1 Å². The van der Waals surface area contributed by atoms with E-state index in [-0.39, 0.29) is 22.9 Å². The molecule has 2 heterocycles. The molecular formula is C23H25FN2O2. The molecule has 1 spiro atoms. The SMILES string of the molecule is CC(C)(C(=O)c1ccccc1)N1CC2(CN(C(=O)Cc3ccc(F)cc3)C2)C1. The fraction of sp³-hybridized carbons (Fsp3) is 0.391. The van der Waals surface area contributed by atoms with Gasteiger partial charge in [0, 0.05) is 37.2 Å². The van der Waals surface area contributed by atoms with Gasteiger partial charge in [0.1, 0.15) is 5.82 Å². The van der Waals surface area contributed by atoms with Gasteiger partial charge in [0.2, 0.25) is 5.91 Å². The van der Waals surface area contributed by atoms with Crippen LogP contribution in [0, 0.1) is 11.2 Å². The van der Waals surface area contributed by atoms with Crippen LogP contribution in [0.25, 0.3) is 0 Å². The third kappa shape index (κ3) is 3.35. The average Bonchev–Trinajstić information content (AvgIpc) is 2.61. The summed E-state index contributed by atoms with van der Waals surface area (Å²) in [6.45, 7) is 7.09.